The first-order chi connectivity index (χ1) is 14.8. The van der Waals surface area contributed by atoms with Crippen LogP contribution in [0.3, 0.4) is 0 Å². The molecule has 10 atom stereocenters. The predicted molar refractivity (Wildman–Crippen MR) is 123 cm³/mol. The molecule has 2 fully saturated rings. The van der Waals surface area contributed by atoms with Crippen molar-refractivity contribution in [3.8, 4) is 0 Å². The quantitative estimate of drug-likeness (QED) is 0.448. The molecule has 3 N–H and O–H groups in total. The number of allylic oxidation sites excluding steroid dienone is 1. The van der Waals surface area contributed by atoms with Gasteiger partial charge < -0.3 is 29.6 Å². The summed E-state index contributed by atoms with van der Waals surface area (Å²) in [6, 6.07) is 0. The van der Waals surface area contributed by atoms with E-state index >= 15 is 0 Å². The molecule has 3 aliphatic rings. The van der Waals surface area contributed by atoms with E-state index in [0.29, 0.717) is 0 Å². The largest absolute Gasteiger partial charge is 0.393 e. The van der Waals surface area contributed by atoms with Crippen molar-refractivity contribution in [3.05, 3.63) is 11.1 Å². The van der Waals surface area contributed by atoms with Crippen molar-refractivity contribution in [1.82, 2.24) is 0 Å². The van der Waals surface area contributed by atoms with E-state index in [9.17, 15) is 20.1 Å². The second kappa shape index (κ2) is 8.16. The van der Waals surface area contributed by atoms with Crippen molar-refractivity contribution in [2.75, 3.05) is 20.8 Å². The zero-order valence-electron chi connectivity index (χ0n) is 21.3. The molecular weight excluding hydrogens is 408 g/mol. The van der Waals surface area contributed by atoms with E-state index in [4.69, 9.17) is 9.47 Å². The second-order valence-corrected chi connectivity index (χ2v) is 11.7. The van der Waals surface area contributed by atoms with Crippen molar-refractivity contribution in [2.45, 2.75) is 84.7 Å². The zero-order valence-corrected chi connectivity index (χ0v) is 21.3. The molecule has 6 nitrogen and oxygen atoms in total. The van der Waals surface area contributed by atoms with Gasteiger partial charge in [0.2, 0.25) is 0 Å². The van der Waals surface area contributed by atoms with E-state index < -0.39 is 46.1 Å². The molecule has 0 aromatic carbocycles. The van der Waals surface area contributed by atoms with Crippen LogP contribution >= 0.6 is 0 Å². The Morgan fingerprint density at radius 2 is 1.72 bits per heavy atom. The lowest BCUT2D eigenvalue weighted by molar-refractivity contribution is -0.300. The highest BCUT2D eigenvalue weighted by molar-refractivity contribution is 5.61. The van der Waals surface area contributed by atoms with Gasteiger partial charge in [0, 0.05) is 42.8 Å². The van der Waals surface area contributed by atoms with Crippen LogP contribution in [0.25, 0.3) is 0 Å². The Hall–Kier alpha value is -0.790. The molecule has 0 aromatic heterocycles. The fourth-order valence-corrected chi connectivity index (χ4v) is 8.35. The van der Waals surface area contributed by atoms with Gasteiger partial charge in [-0.1, -0.05) is 52.7 Å². The smallest absolute Gasteiger partial charge is 0.127 e. The first-order valence-corrected chi connectivity index (χ1v) is 12.0. The van der Waals surface area contributed by atoms with Crippen molar-refractivity contribution in [3.63, 3.8) is 0 Å². The summed E-state index contributed by atoms with van der Waals surface area (Å²) in [7, 11) is 3.18. The molecule has 2 saturated carbocycles. The van der Waals surface area contributed by atoms with Gasteiger partial charge in [-0.3, -0.25) is 0 Å². The molecule has 2 bridgehead atoms. The minimum Gasteiger partial charge on any atom is -0.393 e. The highest BCUT2D eigenvalue weighted by Crippen LogP contribution is 2.66. The van der Waals surface area contributed by atoms with Crippen LogP contribution in [0.1, 0.15) is 61.3 Å². The van der Waals surface area contributed by atoms with Gasteiger partial charge in [0.05, 0.1) is 24.4 Å². The Morgan fingerprint density at radius 3 is 2.19 bits per heavy atom. The minimum atomic E-state index is -1.39. The highest BCUT2D eigenvalue weighted by atomic mass is 16.5. The lowest BCUT2D eigenvalue weighted by Crippen LogP contribution is -2.75. The number of rotatable bonds is 4. The molecule has 6 heteroatoms. The van der Waals surface area contributed by atoms with Crippen LogP contribution in [-0.2, 0) is 14.3 Å². The molecule has 0 aliphatic heterocycles. The summed E-state index contributed by atoms with van der Waals surface area (Å²) in [6.07, 6.45) is 0.392. The van der Waals surface area contributed by atoms with Crippen LogP contribution in [-0.4, -0.2) is 65.8 Å². The number of carbonyl (C=O) groups excluding carboxylic acids is 1. The number of hydrogen-bond acceptors (Lipinski definition) is 6. The number of hydrogen-bond donors (Lipinski definition) is 3. The maximum atomic E-state index is 12.5. The summed E-state index contributed by atoms with van der Waals surface area (Å²) in [5, 5.41) is 35.3. The van der Waals surface area contributed by atoms with E-state index in [-0.39, 0.29) is 30.8 Å². The molecule has 184 valence electrons. The van der Waals surface area contributed by atoms with Crippen LogP contribution in [0.2, 0.25) is 0 Å². The fourth-order valence-electron chi connectivity index (χ4n) is 8.35. The van der Waals surface area contributed by atoms with E-state index in [1.165, 1.54) is 0 Å². The van der Waals surface area contributed by atoms with E-state index in [0.717, 1.165) is 23.9 Å². The van der Waals surface area contributed by atoms with Gasteiger partial charge in [-0.2, -0.15) is 0 Å². The number of aliphatic hydroxyl groups excluding tert-OH is 2. The standard InChI is InChI=1S/C26H44O6/c1-14-10-15(2)25(13-28,32-9)20-22(31-8)26(30)11-18(12-27)16(3)19(23(26,5)6)17(4)21(29)24(14,20)7/h12,14-15,17-18,20-22,28-30H,10-11,13H2,1-9H3/t14-,15+,17+,18?,20?,21?,22?,24+,25-,26?/m0/s1. The SMILES string of the molecule is COC1C2[C@](C)(C(O)[C@H](C)C3=C(C)C(C=O)CC1(O)C3(C)C)[C@@H](C)C[C@@H](C)[C@]2(CO)OC. The summed E-state index contributed by atoms with van der Waals surface area (Å²) in [5.41, 5.74) is -1.96. The molecule has 0 aromatic rings. The average Bonchev–Trinajstić information content (AvgIpc) is 2.74. The Kier molecular flexibility index (Phi) is 6.58. The van der Waals surface area contributed by atoms with Crippen molar-refractivity contribution >= 4 is 6.29 Å². The molecule has 3 aliphatic carbocycles. The highest BCUT2D eigenvalue weighted by Gasteiger charge is 2.71. The number of aliphatic hydroxyl groups is 3. The first-order valence-electron chi connectivity index (χ1n) is 12.0. The van der Waals surface area contributed by atoms with E-state index in [1.807, 2.05) is 27.7 Å². The third kappa shape index (κ3) is 2.92. The third-order valence-electron chi connectivity index (χ3n) is 10.5. The third-order valence-corrected chi connectivity index (χ3v) is 10.5. The number of ether oxygens (including phenoxy) is 2. The maximum absolute atomic E-state index is 12.5. The van der Waals surface area contributed by atoms with Gasteiger partial charge in [-0.05, 0) is 31.6 Å². The summed E-state index contributed by atoms with van der Waals surface area (Å²) < 4.78 is 12.3. The van der Waals surface area contributed by atoms with Gasteiger partial charge >= 0.3 is 0 Å². The van der Waals surface area contributed by atoms with Crippen LogP contribution in [0.15, 0.2) is 11.1 Å². The van der Waals surface area contributed by atoms with Crippen LogP contribution in [0.4, 0.5) is 0 Å². The summed E-state index contributed by atoms with van der Waals surface area (Å²) in [6.45, 7) is 14.0. The number of carbonyl (C=O) groups is 1. The van der Waals surface area contributed by atoms with Crippen LogP contribution in [0.5, 0.6) is 0 Å². The molecule has 0 spiro atoms. The summed E-state index contributed by atoms with van der Waals surface area (Å²) in [4.78, 5) is 12.1. The van der Waals surface area contributed by atoms with Crippen LogP contribution in [0, 0.1) is 40.4 Å². The Balaban J connectivity index is 2.45. The van der Waals surface area contributed by atoms with Crippen molar-refractivity contribution in [1.29, 1.82) is 0 Å². The van der Waals surface area contributed by atoms with Gasteiger partial charge in [-0.25, -0.2) is 0 Å². The lowest BCUT2D eigenvalue weighted by Gasteiger charge is -2.68. The molecule has 0 radical (unpaired) electrons. The fraction of sp³-hybridized carbons (Fsp3) is 0.885. The Morgan fingerprint density at radius 1 is 1.12 bits per heavy atom. The Bertz CT molecular complexity index is 770. The molecule has 3 rings (SSSR count). The van der Waals surface area contributed by atoms with Crippen LogP contribution < -0.4 is 0 Å². The monoisotopic (exact) mass is 452 g/mol. The molecule has 32 heavy (non-hydrogen) atoms. The molecule has 0 saturated heterocycles. The van der Waals surface area contributed by atoms with Gasteiger partial charge in [0.25, 0.3) is 0 Å². The van der Waals surface area contributed by atoms with Crippen molar-refractivity contribution in [2.24, 2.45) is 40.4 Å². The van der Waals surface area contributed by atoms with Gasteiger partial charge in [0.15, 0.2) is 0 Å². The summed E-state index contributed by atoms with van der Waals surface area (Å²) in [5.74, 6) is -1.15. The second-order valence-electron chi connectivity index (χ2n) is 11.7. The topological polar surface area (TPSA) is 96.2 Å². The molecule has 0 amide bonds. The predicted octanol–water partition coefficient (Wildman–Crippen LogP) is 2.98. The molecule has 5 unspecified atom stereocenters. The van der Waals surface area contributed by atoms with Crippen molar-refractivity contribution < 1.29 is 29.6 Å². The van der Waals surface area contributed by atoms with Gasteiger partial charge in [-0.15, -0.1) is 0 Å². The number of aldehydes is 1. The number of methoxy groups -OCH3 is 2. The maximum Gasteiger partial charge on any atom is 0.127 e. The van der Waals surface area contributed by atoms with Gasteiger partial charge in [0.1, 0.15) is 11.9 Å². The molecular formula is C26H44O6. The number of fused-ring (bicyclic) bond motifs is 3. The first kappa shape index (κ1) is 25.8. The molecule has 0 heterocycles. The normalized spacial score (nSPS) is 50.9. The summed E-state index contributed by atoms with van der Waals surface area (Å²) >= 11 is 0. The van der Waals surface area contributed by atoms with E-state index in [2.05, 4.69) is 20.8 Å². The Labute approximate surface area is 193 Å². The lowest BCUT2D eigenvalue weighted by atomic mass is 9.41. The zero-order chi connectivity index (χ0) is 24.4. The van der Waals surface area contributed by atoms with E-state index in [1.54, 1.807) is 14.2 Å². The average molecular weight is 453 g/mol. The minimum absolute atomic E-state index is 0.0147.